The molecule has 0 bridgehead atoms. The molecule has 5 atom stereocenters. The number of hydrogen-bond acceptors (Lipinski definition) is 13. The van der Waals surface area contributed by atoms with Crippen LogP contribution in [0.5, 0.6) is 0 Å². The van der Waals surface area contributed by atoms with Gasteiger partial charge in [-0.3, -0.25) is 28.8 Å². The lowest BCUT2D eigenvalue weighted by atomic mass is 9.80. The topological polar surface area (TPSA) is 167 Å². The molecule has 13 heteroatoms. The Hall–Kier alpha value is -3.22. The Morgan fingerprint density at radius 2 is 1.19 bits per heavy atom. The van der Waals surface area contributed by atoms with Gasteiger partial charge < -0.3 is 33.2 Å². The van der Waals surface area contributed by atoms with E-state index in [9.17, 15) is 28.8 Å². The van der Waals surface area contributed by atoms with Crippen LogP contribution in [0.1, 0.15) is 27.7 Å². The molecule has 32 heavy (non-hydrogen) atoms. The zero-order valence-corrected chi connectivity index (χ0v) is 18.5. The summed E-state index contributed by atoms with van der Waals surface area (Å²) in [6.45, 7) is 3.75. The van der Waals surface area contributed by atoms with Crippen LogP contribution in [0.3, 0.4) is 0 Å². The lowest BCUT2D eigenvalue weighted by Gasteiger charge is -2.45. The van der Waals surface area contributed by atoms with Gasteiger partial charge in [0.15, 0.2) is 18.1 Å². The first-order valence-electron chi connectivity index (χ1n) is 9.39. The minimum atomic E-state index is -1.80. The van der Waals surface area contributed by atoms with Crippen LogP contribution in [0.15, 0.2) is 0 Å². The van der Waals surface area contributed by atoms with Crippen molar-refractivity contribution in [1.82, 2.24) is 0 Å². The second-order valence-electron chi connectivity index (χ2n) is 6.70. The van der Waals surface area contributed by atoms with Gasteiger partial charge in [-0.05, 0) is 0 Å². The lowest BCUT2D eigenvalue weighted by molar-refractivity contribution is -0.291. The summed E-state index contributed by atoms with van der Waals surface area (Å²) in [6, 6.07) is 0. The molecule has 0 aliphatic carbocycles. The average Bonchev–Trinajstić information content (AvgIpc) is 2.68. The van der Waals surface area contributed by atoms with Crippen LogP contribution < -0.4 is 0 Å². The second-order valence-corrected chi connectivity index (χ2v) is 6.70. The minimum absolute atomic E-state index is 0.489. The van der Waals surface area contributed by atoms with Gasteiger partial charge in [-0.25, -0.2) is 0 Å². The monoisotopic (exact) mass is 462 g/mol. The first kappa shape index (κ1) is 26.8. The number of ether oxygens (including phenoxy) is 7. The van der Waals surface area contributed by atoms with Crippen molar-refractivity contribution in [2.75, 3.05) is 20.8 Å². The zero-order valence-electron chi connectivity index (χ0n) is 18.5. The fraction of sp³-hybridized carbons (Fsp3) is 0.684. The highest BCUT2D eigenvalue weighted by atomic mass is 16.7. The van der Waals surface area contributed by atoms with Crippen molar-refractivity contribution in [2.24, 2.45) is 11.8 Å². The molecule has 1 aliphatic heterocycles. The van der Waals surface area contributed by atoms with E-state index in [1.807, 2.05) is 0 Å². The maximum atomic E-state index is 12.5. The van der Waals surface area contributed by atoms with Crippen molar-refractivity contribution in [1.29, 1.82) is 0 Å². The Morgan fingerprint density at radius 3 is 1.59 bits per heavy atom. The molecule has 180 valence electrons. The van der Waals surface area contributed by atoms with E-state index in [2.05, 4.69) is 9.47 Å². The van der Waals surface area contributed by atoms with Crippen molar-refractivity contribution >= 4 is 35.8 Å². The molecule has 1 fully saturated rings. The van der Waals surface area contributed by atoms with E-state index >= 15 is 0 Å². The van der Waals surface area contributed by atoms with Gasteiger partial charge in [0.25, 0.3) is 0 Å². The third-order valence-electron chi connectivity index (χ3n) is 4.32. The van der Waals surface area contributed by atoms with Gasteiger partial charge in [0.1, 0.15) is 12.7 Å². The standard InChI is InChI=1S/C19H26O13/c1-8(20)28-7-12-15(29-9(2)21)16(30-10(3)22)13(19(32-12)31-11(4)23)14(17(24)26-5)18(25)27-6/h12-16,19H,7H2,1-6H3/t12-,13-,15-,16-,19+/m1/s1. The number of carbonyl (C=O) groups is 6. The Kier molecular flexibility index (Phi) is 10.0. The molecule has 0 saturated carbocycles. The fourth-order valence-corrected chi connectivity index (χ4v) is 3.21. The number of carbonyl (C=O) groups excluding carboxylic acids is 6. The van der Waals surface area contributed by atoms with Gasteiger partial charge in [0, 0.05) is 27.7 Å². The molecule has 13 nitrogen and oxygen atoms in total. The van der Waals surface area contributed by atoms with Crippen LogP contribution in [-0.2, 0) is 61.9 Å². The second kappa shape index (κ2) is 12.0. The average molecular weight is 462 g/mol. The van der Waals surface area contributed by atoms with Crippen LogP contribution in [0.25, 0.3) is 0 Å². The highest BCUT2D eigenvalue weighted by Gasteiger charge is 2.58. The van der Waals surface area contributed by atoms with E-state index in [1.165, 1.54) is 0 Å². The van der Waals surface area contributed by atoms with E-state index in [4.69, 9.17) is 23.7 Å². The van der Waals surface area contributed by atoms with Gasteiger partial charge in [0.2, 0.25) is 6.29 Å². The van der Waals surface area contributed by atoms with E-state index in [0.717, 1.165) is 41.9 Å². The summed E-state index contributed by atoms with van der Waals surface area (Å²) in [5, 5.41) is 0. The Labute approximate surface area is 183 Å². The van der Waals surface area contributed by atoms with Gasteiger partial charge in [0.05, 0.1) is 20.1 Å². The summed E-state index contributed by atoms with van der Waals surface area (Å²) in [4.78, 5) is 71.5. The maximum absolute atomic E-state index is 12.5. The van der Waals surface area contributed by atoms with Crippen molar-refractivity contribution in [3.05, 3.63) is 0 Å². The van der Waals surface area contributed by atoms with Crippen LogP contribution in [-0.4, -0.2) is 81.2 Å². The van der Waals surface area contributed by atoms with Gasteiger partial charge >= 0.3 is 35.8 Å². The first-order chi connectivity index (χ1) is 14.9. The molecule has 1 aliphatic rings. The predicted molar refractivity (Wildman–Crippen MR) is 99.2 cm³/mol. The number of hydrogen-bond donors (Lipinski definition) is 0. The molecule has 1 heterocycles. The van der Waals surface area contributed by atoms with E-state index < -0.39 is 78.9 Å². The maximum Gasteiger partial charge on any atom is 0.320 e. The zero-order chi connectivity index (χ0) is 24.6. The summed E-state index contributed by atoms with van der Waals surface area (Å²) >= 11 is 0. The van der Waals surface area contributed by atoms with E-state index in [-0.39, 0.29) is 0 Å². The largest absolute Gasteiger partial charge is 0.468 e. The summed E-state index contributed by atoms with van der Waals surface area (Å²) in [6.07, 6.45) is -5.97. The molecule has 0 aromatic rings. The number of methoxy groups -OCH3 is 2. The van der Waals surface area contributed by atoms with Crippen LogP contribution >= 0.6 is 0 Å². The molecule has 1 rings (SSSR count). The minimum Gasteiger partial charge on any atom is -0.468 e. The van der Waals surface area contributed by atoms with Crippen molar-refractivity contribution < 1.29 is 61.9 Å². The highest BCUT2D eigenvalue weighted by molar-refractivity contribution is 5.95. The lowest BCUT2D eigenvalue weighted by Crippen LogP contribution is -2.63. The smallest absolute Gasteiger partial charge is 0.320 e. The molecular formula is C19H26O13. The van der Waals surface area contributed by atoms with Crippen LogP contribution in [0, 0.1) is 11.8 Å². The molecule has 0 aromatic carbocycles. The van der Waals surface area contributed by atoms with Crippen LogP contribution in [0.2, 0.25) is 0 Å². The Morgan fingerprint density at radius 1 is 0.719 bits per heavy atom. The van der Waals surface area contributed by atoms with Crippen molar-refractivity contribution in [3.63, 3.8) is 0 Å². The van der Waals surface area contributed by atoms with Gasteiger partial charge in [-0.2, -0.15) is 0 Å². The molecular weight excluding hydrogens is 436 g/mol. The van der Waals surface area contributed by atoms with E-state index in [0.29, 0.717) is 0 Å². The van der Waals surface area contributed by atoms with Gasteiger partial charge in [-0.15, -0.1) is 0 Å². The SMILES string of the molecule is COC(=O)C(C(=O)OC)[C@H]1[C@@H](OC(C)=O)O[C@H](COC(C)=O)[C@@H](OC(C)=O)[C@@H]1OC(C)=O. The van der Waals surface area contributed by atoms with Crippen LogP contribution in [0.4, 0.5) is 0 Å². The normalized spacial score (nSPS) is 24.7. The number of rotatable bonds is 8. The number of esters is 6. The van der Waals surface area contributed by atoms with Crippen molar-refractivity contribution in [2.45, 2.75) is 52.3 Å². The van der Waals surface area contributed by atoms with E-state index in [1.54, 1.807) is 0 Å². The third-order valence-corrected chi connectivity index (χ3v) is 4.32. The molecule has 0 amide bonds. The molecule has 0 radical (unpaired) electrons. The summed E-state index contributed by atoms with van der Waals surface area (Å²) in [5.41, 5.74) is 0. The Bertz CT molecular complexity index is 730. The predicted octanol–water partition coefficient (Wildman–Crippen LogP) is -0.721. The molecule has 1 saturated heterocycles. The Balaban J connectivity index is 3.64. The van der Waals surface area contributed by atoms with Crippen molar-refractivity contribution in [3.8, 4) is 0 Å². The molecule has 0 aromatic heterocycles. The molecule has 0 N–H and O–H groups in total. The quantitative estimate of drug-likeness (QED) is 0.252. The summed E-state index contributed by atoms with van der Waals surface area (Å²) in [5.74, 6) is -8.84. The summed E-state index contributed by atoms with van der Waals surface area (Å²) < 4.78 is 35.5. The van der Waals surface area contributed by atoms with Gasteiger partial charge in [-0.1, -0.05) is 0 Å². The molecule has 0 spiro atoms. The fourth-order valence-electron chi connectivity index (χ4n) is 3.21. The summed E-state index contributed by atoms with van der Waals surface area (Å²) in [7, 11) is 1.99. The first-order valence-corrected chi connectivity index (χ1v) is 9.39. The third kappa shape index (κ3) is 7.18. The highest BCUT2D eigenvalue weighted by Crippen LogP contribution is 2.37. The molecule has 0 unspecified atom stereocenters.